The van der Waals surface area contributed by atoms with Gasteiger partial charge in [0.25, 0.3) is 0 Å². The van der Waals surface area contributed by atoms with E-state index in [1.807, 2.05) is 36.4 Å². The second-order valence-corrected chi connectivity index (χ2v) is 2.64. The SMILES string of the molecule is [Zn].[c-]1ccccc1-c1ccccc1. The summed E-state index contributed by atoms with van der Waals surface area (Å²) in [6.45, 7) is 0. The summed E-state index contributed by atoms with van der Waals surface area (Å²) in [6.07, 6.45) is 0. The summed E-state index contributed by atoms with van der Waals surface area (Å²) in [5.41, 5.74) is 2.37. The Kier molecular flexibility index (Phi) is 3.85. The Morgan fingerprint density at radius 1 is 0.769 bits per heavy atom. The van der Waals surface area contributed by atoms with E-state index in [2.05, 4.69) is 24.3 Å². The summed E-state index contributed by atoms with van der Waals surface area (Å²) in [5, 5.41) is 0. The molecule has 0 aromatic heterocycles. The van der Waals surface area contributed by atoms with E-state index in [1.165, 1.54) is 5.56 Å². The van der Waals surface area contributed by atoms with Crippen LogP contribution in [-0.2, 0) is 19.5 Å². The third-order valence-electron chi connectivity index (χ3n) is 1.79. The van der Waals surface area contributed by atoms with Gasteiger partial charge in [0, 0.05) is 19.5 Å². The van der Waals surface area contributed by atoms with Crippen LogP contribution in [0.1, 0.15) is 0 Å². The molecule has 0 spiro atoms. The number of hydrogen-bond donors (Lipinski definition) is 0. The van der Waals surface area contributed by atoms with Gasteiger partial charge in [0.05, 0.1) is 0 Å². The number of benzene rings is 2. The molecule has 2 aromatic rings. The number of hydrogen-bond acceptors (Lipinski definition) is 0. The van der Waals surface area contributed by atoms with E-state index in [9.17, 15) is 0 Å². The van der Waals surface area contributed by atoms with E-state index in [0.717, 1.165) is 5.56 Å². The van der Waals surface area contributed by atoms with Crippen molar-refractivity contribution in [2.24, 2.45) is 0 Å². The molecule has 0 heterocycles. The van der Waals surface area contributed by atoms with Gasteiger partial charge in [-0.15, -0.1) is 35.9 Å². The molecule has 0 N–H and O–H groups in total. The molecule has 0 aliphatic rings. The molecule has 0 amide bonds. The summed E-state index contributed by atoms with van der Waals surface area (Å²) < 4.78 is 0. The van der Waals surface area contributed by atoms with Gasteiger partial charge < -0.3 is 0 Å². The first-order valence-electron chi connectivity index (χ1n) is 3.99. The van der Waals surface area contributed by atoms with Crippen molar-refractivity contribution in [3.05, 3.63) is 60.7 Å². The molecule has 2 aromatic carbocycles. The summed E-state index contributed by atoms with van der Waals surface area (Å²) in [4.78, 5) is 0. The molecule has 0 radical (unpaired) electrons. The normalized spacial score (nSPS) is 8.92. The van der Waals surface area contributed by atoms with Crippen LogP contribution in [0.4, 0.5) is 0 Å². The fraction of sp³-hybridized carbons (Fsp3) is 0. The Hall–Kier alpha value is -0.937. The first-order valence-corrected chi connectivity index (χ1v) is 3.99. The van der Waals surface area contributed by atoms with Crippen LogP contribution in [-0.4, -0.2) is 0 Å². The Labute approximate surface area is 91.4 Å². The summed E-state index contributed by atoms with van der Waals surface area (Å²) >= 11 is 0. The Balaban J connectivity index is 0.000000845. The van der Waals surface area contributed by atoms with Crippen molar-refractivity contribution in [3.63, 3.8) is 0 Å². The monoisotopic (exact) mass is 217 g/mol. The van der Waals surface area contributed by atoms with E-state index in [1.54, 1.807) is 0 Å². The molecule has 0 bridgehead atoms. The molecule has 60 valence electrons. The van der Waals surface area contributed by atoms with Gasteiger partial charge in [-0.2, -0.15) is 0 Å². The van der Waals surface area contributed by atoms with Crippen LogP contribution >= 0.6 is 0 Å². The molecule has 13 heavy (non-hydrogen) atoms. The molecule has 0 saturated carbocycles. The first-order chi connectivity index (χ1) is 5.97. The van der Waals surface area contributed by atoms with Crippen molar-refractivity contribution in [2.45, 2.75) is 0 Å². The van der Waals surface area contributed by atoms with Gasteiger partial charge in [-0.1, -0.05) is 35.9 Å². The maximum Gasteiger partial charge on any atom is 0 e. The maximum atomic E-state index is 3.18. The summed E-state index contributed by atoms with van der Waals surface area (Å²) in [6, 6.07) is 21.5. The third kappa shape index (κ3) is 2.50. The van der Waals surface area contributed by atoms with Gasteiger partial charge >= 0.3 is 0 Å². The van der Waals surface area contributed by atoms with Gasteiger partial charge in [-0.05, 0) is 0 Å². The molecule has 1 heteroatoms. The van der Waals surface area contributed by atoms with E-state index in [-0.39, 0.29) is 19.5 Å². The van der Waals surface area contributed by atoms with Crippen LogP contribution in [0, 0.1) is 6.07 Å². The van der Waals surface area contributed by atoms with Crippen molar-refractivity contribution >= 4 is 0 Å². The Morgan fingerprint density at radius 2 is 1.46 bits per heavy atom. The maximum absolute atomic E-state index is 3.18. The molecule has 0 fully saturated rings. The minimum atomic E-state index is 0. The first kappa shape index (κ1) is 10.1. The predicted octanol–water partition coefficient (Wildman–Crippen LogP) is 3.15. The van der Waals surface area contributed by atoms with Crippen LogP contribution in [0.5, 0.6) is 0 Å². The molecule has 0 nitrogen and oxygen atoms in total. The molecular weight excluding hydrogens is 210 g/mol. The Bertz CT molecular complexity index is 303. The minimum absolute atomic E-state index is 0. The standard InChI is InChI=1S/C12H9.Zn/c1-3-7-11(8-4-1)12-9-5-2-6-10-12;/h1-9H;/q-1;. The Morgan fingerprint density at radius 3 is 2.08 bits per heavy atom. The van der Waals surface area contributed by atoms with Gasteiger partial charge in [-0.25, -0.2) is 0 Å². The van der Waals surface area contributed by atoms with Crippen LogP contribution in [0.2, 0.25) is 0 Å². The zero-order chi connectivity index (χ0) is 8.23. The van der Waals surface area contributed by atoms with Gasteiger partial charge in [-0.3, -0.25) is 0 Å². The van der Waals surface area contributed by atoms with E-state index >= 15 is 0 Å². The van der Waals surface area contributed by atoms with Crippen molar-refractivity contribution in [2.75, 3.05) is 0 Å². The zero-order valence-electron chi connectivity index (χ0n) is 7.40. The average Bonchev–Trinajstić information content (AvgIpc) is 2.21. The van der Waals surface area contributed by atoms with E-state index in [4.69, 9.17) is 0 Å². The van der Waals surface area contributed by atoms with Crippen LogP contribution in [0.25, 0.3) is 11.1 Å². The van der Waals surface area contributed by atoms with E-state index < -0.39 is 0 Å². The quantitative estimate of drug-likeness (QED) is 0.510. The third-order valence-corrected chi connectivity index (χ3v) is 1.79. The van der Waals surface area contributed by atoms with E-state index in [0.29, 0.717) is 0 Å². The second-order valence-electron chi connectivity index (χ2n) is 2.64. The predicted molar refractivity (Wildman–Crippen MR) is 50.7 cm³/mol. The van der Waals surface area contributed by atoms with Crippen molar-refractivity contribution in [3.8, 4) is 11.1 Å². The zero-order valence-corrected chi connectivity index (χ0v) is 10.4. The topological polar surface area (TPSA) is 0 Å². The fourth-order valence-corrected chi connectivity index (χ4v) is 1.19. The number of rotatable bonds is 1. The van der Waals surface area contributed by atoms with Crippen LogP contribution in [0.15, 0.2) is 54.6 Å². The molecule has 0 unspecified atom stereocenters. The molecular formula is C12H9Zn-. The smallest absolute Gasteiger partial charge is 0 e. The van der Waals surface area contributed by atoms with Gasteiger partial charge in [0.1, 0.15) is 0 Å². The fourth-order valence-electron chi connectivity index (χ4n) is 1.19. The summed E-state index contributed by atoms with van der Waals surface area (Å²) in [7, 11) is 0. The van der Waals surface area contributed by atoms with Gasteiger partial charge in [0.15, 0.2) is 0 Å². The van der Waals surface area contributed by atoms with Crippen molar-refractivity contribution in [1.29, 1.82) is 0 Å². The van der Waals surface area contributed by atoms with Crippen molar-refractivity contribution < 1.29 is 19.5 Å². The minimum Gasteiger partial charge on any atom is -0.147 e. The largest absolute Gasteiger partial charge is 0.147 e. The second kappa shape index (κ2) is 4.94. The molecule has 0 saturated heterocycles. The molecule has 0 aliphatic heterocycles. The average molecular weight is 219 g/mol. The van der Waals surface area contributed by atoms with Crippen LogP contribution < -0.4 is 0 Å². The molecule has 2 rings (SSSR count). The van der Waals surface area contributed by atoms with Gasteiger partial charge in [0.2, 0.25) is 0 Å². The summed E-state index contributed by atoms with van der Waals surface area (Å²) in [5.74, 6) is 0. The molecule has 0 atom stereocenters. The molecule has 0 aliphatic carbocycles. The van der Waals surface area contributed by atoms with Crippen molar-refractivity contribution in [1.82, 2.24) is 0 Å². The van der Waals surface area contributed by atoms with Crippen LogP contribution in [0.3, 0.4) is 0 Å².